The van der Waals surface area contributed by atoms with Gasteiger partial charge in [-0.25, -0.2) is 0 Å². The second-order valence-corrected chi connectivity index (χ2v) is 8.67. The molecule has 8 nitrogen and oxygen atoms in total. The summed E-state index contributed by atoms with van der Waals surface area (Å²) in [5.74, 6) is 0.325. The Kier molecular flexibility index (Phi) is 5.68. The average Bonchev–Trinajstić information content (AvgIpc) is 3.24. The van der Waals surface area contributed by atoms with E-state index in [9.17, 15) is 14.4 Å². The van der Waals surface area contributed by atoms with E-state index in [1.54, 1.807) is 12.1 Å². The average molecular weight is 447 g/mol. The van der Waals surface area contributed by atoms with Crippen LogP contribution in [0.25, 0.3) is 10.8 Å². The van der Waals surface area contributed by atoms with Gasteiger partial charge in [-0.1, -0.05) is 29.4 Å². The van der Waals surface area contributed by atoms with Crippen molar-refractivity contribution in [3.8, 4) is 0 Å². The molecule has 0 spiro atoms. The number of imide groups is 1. The molecular weight excluding hydrogens is 420 g/mol. The molecule has 1 saturated heterocycles. The third kappa shape index (κ3) is 4.14. The van der Waals surface area contributed by atoms with Gasteiger partial charge in [0.15, 0.2) is 5.76 Å². The summed E-state index contributed by atoms with van der Waals surface area (Å²) in [7, 11) is 0. The highest BCUT2D eigenvalue weighted by Crippen LogP contribution is 2.30. The smallest absolute Gasteiger partial charge is 0.261 e. The first-order valence-corrected chi connectivity index (χ1v) is 11.3. The second-order valence-electron chi connectivity index (χ2n) is 8.67. The molecule has 5 rings (SSSR count). The van der Waals surface area contributed by atoms with Crippen molar-refractivity contribution >= 4 is 28.5 Å². The van der Waals surface area contributed by atoms with Crippen LogP contribution in [0.3, 0.4) is 0 Å². The van der Waals surface area contributed by atoms with Gasteiger partial charge < -0.3 is 9.42 Å². The van der Waals surface area contributed by atoms with Crippen LogP contribution in [0, 0.1) is 6.92 Å². The van der Waals surface area contributed by atoms with E-state index in [2.05, 4.69) is 10.1 Å². The van der Waals surface area contributed by atoms with Crippen LogP contribution >= 0.6 is 0 Å². The summed E-state index contributed by atoms with van der Waals surface area (Å²) in [5, 5.41) is 5.52. The molecule has 2 aliphatic heterocycles. The van der Waals surface area contributed by atoms with Crippen LogP contribution in [0.4, 0.5) is 0 Å². The maximum Gasteiger partial charge on any atom is 0.261 e. The number of aromatic nitrogens is 1. The zero-order chi connectivity index (χ0) is 22.9. The first kappa shape index (κ1) is 21.3. The molecule has 8 heteroatoms. The van der Waals surface area contributed by atoms with E-state index >= 15 is 0 Å². The summed E-state index contributed by atoms with van der Waals surface area (Å²) in [6, 6.07) is 12.9. The fourth-order valence-corrected chi connectivity index (χ4v) is 4.70. The van der Waals surface area contributed by atoms with Gasteiger partial charge in [-0.05, 0) is 30.9 Å². The third-order valence-corrected chi connectivity index (χ3v) is 6.41. The number of hydrogen-bond acceptors (Lipinski definition) is 6. The number of carbonyl (C=O) groups excluding carboxylic acids is 3. The molecule has 0 unspecified atom stereocenters. The summed E-state index contributed by atoms with van der Waals surface area (Å²) < 4.78 is 5.28. The summed E-state index contributed by atoms with van der Waals surface area (Å²) in [4.78, 5) is 44.0. The molecule has 2 aromatic carbocycles. The lowest BCUT2D eigenvalue weighted by Crippen LogP contribution is -2.48. The van der Waals surface area contributed by atoms with Gasteiger partial charge in [0.25, 0.3) is 11.8 Å². The number of aryl methyl sites for hydroxylation is 1. The van der Waals surface area contributed by atoms with Crippen molar-refractivity contribution < 1.29 is 18.9 Å². The summed E-state index contributed by atoms with van der Waals surface area (Å²) >= 11 is 0. The lowest BCUT2D eigenvalue weighted by molar-refractivity contribution is -0.133. The van der Waals surface area contributed by atoms with Crippen LogP contribution in [0.1, 0.15) is 45.0 Å². The van der Waals surface area contributed by atoms with Crippen LogP contribution < -0.4 is 0 Å². The van der Waals surface area contributed by atoms with Gasteiger partial charge >= 0.3 is 0 Å². The molecule has 0 bridgehead atoms. The van der Waals surface area contributed by atoms with Crippen molar-refractivity contribution in [2.45, 2.75) is 26.3 Å². The molecule has 33 heavy (non-hydrogen) atoms. The van der Waals surface area contributed by atoms with Crippen LogP contribution in [0.5, 0.6) is 0 Å². The van der Waals surface area contributed by atoms with Crippen molar-refractivity contribution in [2.75, 3.05) is 32.7 Å². The van der Waals surface area contributed by atoms with E-state index in [0.29, 0.717) is 43.6 Å². The monoisotopic (exact) mass is 446 g/mol. The van der Waals surface area contributed by atoms with Crippen molar-refractivity contribution in [1.82, 2.24) is 19.9 Å². The molecule has 0 atom stereocenters. The Morgan fingerprint density at radius 2 is 1.67 bits per heavy atom. The maximum absolute atomic E-state index is 13.0. The number of piperazine rings is 1. The Morgan fingerprint density at radius 3 is 2.27 bits per heavy atom. The molecule has 1 aromatic heterocycles. The Balaban J connectivity index is 1.14. The minimum atomic E-state index is -0.284. The molecule has 170 valence electrons. The molecule has 3 amide bonds. The Bertz CT molecular complexity index is 1180. The molecule has 2 aliphatic rings. The zero-order valence-electron chi connectivity index (χ0n) is 18.6. The number of amides is 3. The quantitative estimate of drug-likeness (QED) is 0.541. The topological polar surface area (TPSA) is 87.0 Å². The lowest BCUT2D eigenvalue weighted by atomic mass is 9.94. The minimum Gasteiger partial charge on any atom is -0.360 e. The van der Waals surface area contributed by atoms with Crippen molar-refractivity contribution in [1.29, 1.82) is 0 Å². The SMILES string of the molecule is Cc1cc(CN2CCN(C(=O)CCCN3C(=O)c4cccc5cccc(c45)C3=O)CC2)on1. The summed E-state index contributed by atoms with van der Waals surface area (Å²) in [6.07, 6.45) is 0.760. The predicted molar refractivity (Wildman–Crippen MR) is 122 cm³/mol. The molecule has 0 radical (unpaired) electrons. The summed E-state index contributed by atoms with van der Waals surface area (Å²) in [5.41, 5.74) is 1.96. The predicted octanol–water partition coefficient (Wildman–Crippen LogP) is 2.86. The van der Waals surface area contributed by atoms with Gasteiger partial charge in [-0.15, -0.1) is 0 Å². The van der Waals surface area contributed by atoms with E-state index in [1.165, 1.54) is 4.90 Å². The van der Waals surface area contributed by atoms with E-state index in [4.69, 9.17) is 4.52 Å². The van der Waals surface area contributed by atoms with E-state index in [0.717, 1.165) is 35.3 Å². The molecular formula is C25H26N4O4. The molecule has 0 saturated carbocycles. The number of benzene rings is 2. The summed E-state index contributed by atoms with van der Waals surface area (Å²) in [6.45, 7) is 5.68. The standard InChI is InChI=1S/C25H26N4O4/c1-17-15-19(33-26-17)16-27-11-13-28(14-12-27)22(30)9-4-10-29-24(31)20-7-2-5-18-6-3-8-21(23(18)20)25(29)32/h2-3,5-8,15H,4,9-14,16H2,1H3. The third-order valence-electron chi connectivity index (χ3n) is 6.41. The lowest BCUT2D eigenvalue weighted by Gasteiger charge is -2.34. The van der Waals surface area contributed by atoms with Crippen molar-refractivity contribution in [3.05, 3.63) is 65.0 Å². The van der Waals surface area contributed by atoms with Gasteiger partial charge in [0, 0.05) is 61.7 Å². The van der Waals surface area contributed by atoms with Gasteiger partial charge in [-0.3, -0.25) is 24.2 Å². The number of hydrogen-bond donors (Lipinski definition) is 0. The molecule has 1 fully saturated rings. The molecule has 3 heterocycles. The van der Waals surface area contributed by atoms with Gasteiger partial charge in [0.2, 0.25) is 5.91 Å². The highest BCUT2D eigenvalue weighted by Gasteiger charge is 2.32. The van der Waals surface area contributed by atoms with Crippen molar-refractivity contribution in [3.63, 3.8) is 0 Å². The molecule has 0 N–H and O–H groups in total. The van der Waals surface area contributed by atoms with Gasteiger partial charge in [-0.2, -0.15) is 0 Å². The Hall–Kier alpha value is -3.52. The Labute approximate surface area is 191 Å². The van der Waals surface area contributed by atoms with Crippen LogP contribution in [0.2, 0.25) is 0 Å². The highest BCUT2D eigenvalue weighted by molar-refractivity contribution is 6.25. The van der Waals surface area contributed by atoms with Crippen molar-refractivity contribution in [2.24, 2.45) is 0 Å². The van der Waals surface area contributed by atoms with E-state index in [1.807, 2.05) is 42.2 Å². The van der Waals surface area contributed by atoms with Crippen LogP contribution in [0.15, 0.2) is 47.0 Å². The number of nitrogens with zero attached hydrogens (tertiary/aromatic N) is 4. The molecule has 3 aromatic rings. The largest absolute Gasteiger partial charge is 0.360 e. The maximum atomic E-state index is 13.0. The van der Waals surface area contributed by atoms with E-state index in [-0.39, 0.29) is 24.3 Å². The minimum absolute atomic E-state index is 0.0598. The molecule has 0 aliphatic carbocycles. The number of rotatable bonds is 6. The zero-order valence-corrected chi connectivity index (χ0v) is 18.6. The highest BCUT2D eigenvalue weighted by atomic mass is 16.5. The van der Waals surface area contributed by atoms with Crippen LogP contribution in [-0.4, -0.2) is 70.3 Å². The number of carbonyl (C=O) groups is 3. The Morgan fingerprint density at radius 1 is 1.00 bits per heavy atom. The normalized spacial score (nSPS) is 16.6. The van der Waals surface area contributed by atoms with Gasteiger partial charge in [0.1, 0.15) is 0 Å². The first-order chi connectivity index (χ1) is 16.0. The van der Waals surface area contributed by atoms with Gasteiger partial charge in [0.05, 0.1) is 12.2 Å². The second kappa shape index (κ2) is 8.78. The fourth-order valence-electron chi connectivity index (χ4n) is 4.70. The van der Waals surface area contributed by atoms with E-state index < -0.39 is 0 Å². The fraction of sp³-hybridized carbons (Fsp3) is 0.360. The van der Waals surface area contributed by atoms with Crippen LogP contribution in [-0.2, 0) is 11.3 Å². The first-order valence-electron chi connectivity index (χ1n) is 11.3.